The molecule has 7 heteroatoms. The van der Waals surface area contributed by atoms with E-state index in [1.165, 1.54) is 0 Å². The SMILES string of the molecule is Nc1c(C(=O)O)ccc(F)c1C(F)(F)F. The van der Waals surface area contributed by atoms with Gasteiger partial charge in [0.05, 0.1) is 11.3 Å². The van der Waals surface area contributed by atoms with Crippen LogP contribution in [0, 0.1) is 5.82 Å². The highest BCUT2D eigenvalue weighted by Crippen LogP contribution is 2.36. The minimum Gasteiger partial charge on any atom is -0.478 e. The average molecular weight is 223 g/mol. The molecular formula is C8H5F4NO2. The van der Waals surface area contributed by atoms with Gasteiger partial charge in [-0.25, -0.2) is 9.18 Å². The number of benzene rings is 1. The lowest BCUT2D eigenvalue weighted by atomic mass is 10.1. The van der Waals surface area contributed by atoms with Crippen LogP contribution < -0.4 is 5.73 Å². The maximum absolute atomic E-state index is 12.8. The summed E-state index contributed by atoms with van der Waals surface area (Å²) in [4.78, 5) is 10.4. The zero-order valence-corrected chi connectivity index (χ0v) is 7.10. The van der Waals surface area contributed by atoms with Crippen LogP contribution in [0.1, 0.15) is 15.9 Å². The molecule has 0 bridgehead atoms. The molecule has 0 spiro atoms. The van der Waals surface area contributed by atoms with Gasteiger partial charge in [0.1, 0.15) is 11.4 Å². The van der Waals surface area contributed by atoms with E-state index in [0.29, 0.717) is 12.1 Å². The molecular weight excluding hydrogens is 218 g/mol. The summed E-state index contributed by atoms with van der Waals surface area (Å²) in [7, 11) is 0. The van der Waals surface area contributed by atoms with Gasteiger partial charge >= 0.3 is 12.1 Å². The van der Waals surface area contributed by atoms with Crippen molar-refractivity contribution in [2.75, 3.05) is 5.73 Å². The zero-order valence-electron chi connectivity index (χ0n) is 7.10. The quantitative estimate of drug-likeness (QED) is 0.566. The van der Waals surface area contributed by atoms with Gasteiger partial charge < -0.3 is 10.8 Å². The van der Waals surface area contributed by atoms with Crippen molar-refractivity contribution in [1.82, 2.24) is 0 Å². The second kappa shape index (κ2) is 3.41. The van der Waals surface area contributed by atoms with E-state index >= 15 is 0 Å². The van der Waals surface area contributed by atoms with E-state index in [-0.39, 0.29) is 0 Å². The molecule has 0 heterocycles. The average Bonchev–Trinajstić information content (AvgIpc) is 2.00. The molecule has 1 aromatic carbocycles. The third-order valence-electron chi connectivity index (χ3n) is 1.71. The minimum absolute atomic E-state index is 0.419. The van der Waals surface area contributed by atoms with Crippen LogP contribution in [-0.4, -0.2) is 11.1 Å². The van der Waals surface area contributed by atoms with Crippen LogP contribution in [0.15, 0.2) is 12.1 Å². The topological polar surface area (TPSA) is 63.3 Å². The molecule has 3 N–H and O–H groups in total. The van der Waals surface area contributed by atoms with Crippen molar-refractivity contribution in [3.8, 4) is 0 Å². The third kappa shape index (κ3) is 2.00. The Balaban J connectivity index is 3.51. The first-order valence-electron chi connectivity index (χ1n) is 3.63. The first kappa shape index (κ1) is 11.3. The molecule has 0 unspecified atom stereocenters. The van der Waals surface area contributed by atoms with Crippen LogP contribution in [0.2, 0.25) is 0 Å². The van der Waals surface area contributed by atoms with E-state index in [4.69, 9.17) is 10.8 Å². The number of rotatable bonds is 1. The van der Waals surface area contributed by atoms with E-state index < -0.39 is 34.8 Å². The number of halogens is 4. The number of carboxylic acids is 1. The molecule has 1 rings (SSSR count). The Morgan fingerprint density at radius 3 is 2.27 bits per heavy atom. The van der Waals surface area contributed by atoms with Crippen molar-refractivity contribution in [2.45, 2.75) is 6.18 Å². The Labute approximate surface area is 81.1 Å². The number of hydrogen-bond acceptors (Lipinski definition) is 2. The van der Waals surface area contributed by atoms with E-state index in [1.54, 1.807) is 0 Å². The molecule has 0 amide bonds. The van der Waals surface area contributed by atoms with Gasteiger partial charge in [-0.1, -0.05) is 0 Å². The van der Waals surface area contributed by atoms with Gasteiger partial charge in [-0.15, -0.1) is 0 Å². The molecule has 15 heavy (non-hydrogen) atoms. The molecule has 0 fully saturated rings. The lowest BCUT2D eigenvalue weighted by molar-refractivity contribution is -0.139. The van der Waals surface area contributed by atoms with E-state index in [0.717, 1.165) is 0 Å². The fraction of sp³-hybridized carbons (Fsp3) is 0.125. The highest BCUT2D eigenvalue weighted by Gasteiger charge is 2.38. The predicted octanol–water partition coefficient (Wildman–Crippen LogP) is 2.12. The Morgan fingerprint density at radius 2 is 1.87 bits per heavy atom. The molecule has 0 aliphatic rings. The first-order chi connectivity index (χ1) is 6.75. The zero-order chi connectivity index (χ0) is 11.8. The van der Waals surface area contributed by atoms with Crippen molar-refractivity contribution in [3.05, 3.63) is 29.1 Å². The van der Waals surface area contributed by atoms with Crippen molar-refractivity contribution in [2.24, 2.45) is 0 Å². The highest BCUT2D eigenvalue weighted by atomic mass is 19.4. The lowest BCUT2D eigenvalue weighted by Gasteiger charge is -2.12. The van der Waals surface area contributed by atoms with Gasteiger partial charge in [-0.3, -0.25) is 0 Å². The molecule has 0 aliphatic carbocycles. The molecule has 3 nitrogen and oxygen atoms in total. The maximum atomic E-state index is 12.8. The third-order valence-corrected chi connectivity index (χ3v) is 1.71. The van der Waals surface area contributed by atoms with Gasteiger partial charge in [0.2, 0.25) is 0 Å². The number of nitrogen functional groups attached to an aromatic ring is 1. The fourth-order valence-corrected chi connectivity index (χ4v) is 1.07. The van der Waals surface area contributed by atoms with Gasteiger partial charge in [-0.05, 0) is 12.1 Å². The summed E-state index contributed by atoms with van der Waals surface area (Å²) in [5.41, 5.74) is 1.29. The van der Waals surface area contributed by atoms with Gasteiger partial charge in [0.15, 0.2) is 0 Å². The van der Waals surface area contributed by atoms with Crippen LogP contribution in [0.25, 0.3) is 0 Å². The Bertz CT molecular complexity index is 414. The molecule has 82 valence electrons. The number of carboxylic acid groups (broad SMARTS) is 1. The largest absolute Gasteiger partial charge is 0.478 e. The lowest BCUT2D eigenvalue weighted by Crippen LogP contribution is -2.15. The summed E-state index contributed by atoms with van der Waals surface area (Å²) in [5.74, 6) is -3.23. The first-order valence-corrected chi connectivity index (χ1v) is 3.63. The summed E-state index contributed by atoms with van der Waals surface area (Å²) in [6.07, 6.45) is -5.01. The maximum Gasteiger partial charge on any atom is 0.421 e. The van der Waals surface area contributed by atoms with Crippen LogP contribution in [0.4, 0.5) is 23.2 Å². The number of alkyl halides is 3. The number of aromatic carboxylic acids is 1. The van der Waals surface area contributed by atoms with Gasteiger partial charge in [0.25, 0.3) is 0 Å². The van der Waals surface area contributed by atoms with Crippen LogP contribution in [0.3, 0.4) is 0 Å². The second-order valence-electron chi connectivity index (χ2n) is 2.69. The summed E-state index contributed by atoms with van der Waals surface area (Å²) in [6, 6.07) is 1.10. The predicted molar refractivity (Wildman–Crippen MR) is 42.8 cm³/mol. The van der Waals surface area contributed by atoms with Crippen molar-refractivity contribution in [1.29, 1.82) is 0 Å². The standard InChI is InChI=1S/C8H5F4NO2/c9-4-2-1-3(7(14)15)6(13)5(4)8(10,11)12/h1-2H,13H2,(H,14,15). The smallest absolute Gasteiger partial charge is 0.421 e. The van der Waals surface area contributed by atoms with Crippen molar-refractivity contribution in [3.63, 3.8) is 0 Å². The van der Waals surface area contributed by atoms with E-state index in [2.05, 4.69) is 0 Å². The molecule has 0 saturated heterocycles. The van der Waals surface area contributed by atoms with Gasteiger partial charge in [-0.2, -0.15) is 13.2 Å². The monoisotopic (exact) mass is 223 g/mol. The Morgan fingerprint density at radius 1 is 1.33 bits per heavy atom. The molecule has 0 atom stereocenters. The minimum atomic E-state index is -5.01. The van der Waals surface area contributed by atoms with Crippen LogP contribution >= 0.6 is 0 Å². The van der Waals surface area contributed by atoms with E-state index in [9.17, 15) is 22.4 Å². The molecule has 0 aliphatic heterocycles. The summed E-state index contributed by atoms with van der Waals surface area (Å²) in [6.45, 7) is 0. The molecule has 0 aromatic heterocycles. The van der Waals surface area contributed by atoms with Crippen molar-refractivity contribution >= 4 is 11.7 Å². The van der Waals surface area contributed by atoms with Crippen LogP contribution in [0.5, 0.6) is 0 Å². The second-order valence-corrected chi connectivity index (χ2v) is 2.69. The molecule has 1 aromatic rings. The summed E-state index contributed by atoms with van der Waals surface area (Å²) < 4.78 is 49.5. The number of nitrogens with two attached hydrogens (primary N) is 1. The number of carbonyl (C=O) groups is 1. The number of hydrogen-bond donors (Lipinski definition) is 2. The number of anilines is 1. The van der Waals surface area contributed by atoms with Crippen LogP contribution in [-0.2, 0) is 6.18 Å². The van der Waals surface area contributed by atoms with Crippen molar-refractivity contribution < 1.29 is 27.5 Å². The fourth-order valence-electron chi connectivity index (χ4n) is 1.07. The van der Waals surface area contributed by atoms with E-state index in [1.807, 2.05) is 0 Å². The molecule has 0 radical (unpaired) electrons. The van der Waals surface area contributed by atoms with Gasteiger partial charge in [0, 0.05) is 0 Å². The highest BCUT2D eigenvalue weighted by molar-refractivity contribution is 5.94. The molecule has 0 saturated carbocycles. The Kier molecular flexibility index (Phi) is 2.57. The Hall–Kier alpha value is -1.79. The summed E-state index contributed by atoms with van der Waals surface area (Å²) in [5, 5.41) is 8.48. The summed E-state index contributed by atoms with van der Waals surface area (Å²) >= 11 is 0. The normalized spacial score (nSPS) is 11.5.